The van der Waals surface area contributed by atoms with Gasteiger partial charge in [0.25, 0.3) is 11.6 Å². The van der Waals surface area contributed by atoms with Gasteiger partial charge in [0.15, 0.2) is 5.69 Å². The van der Waals surface area contributed by atoms with Crippen molar-refractivity contribution in [3.05, 3.63) is 68.9 Å². The summed E-state index contributed by atoms with van der Waals surface area (Å²) in [6.07, 6.45) is 1.67. The third kappa shape index (κ3) is 6.78. The standard InChI is InChI=1S/C26H30ClN5O7S/c1-16-23(24(33)28-15-20-9-6-12-38-20)29-31(18-8-5-7-17(27)13-18)25(16)39-21-11-10-19(32(34)35)14-22(21)40(36,37)30-26(2,3)4/h5,7-8,10-11,13-14,20,30H,6,9,12,15H2,1-4H3,(H,28,33)/t20-/m0/s1. The quantitative estimate of drug-likeness (QED) is 0.272. The van der Waals surface area contributed by atoms with Crippen LogP contribution in [-0.4, -0.2) is 53.8 Å². The molecule has 2 heterocycles. The zero-order valence-electron chi connectivity index (χ0n) is 22.4. The first-order chi connectivity index (χ1) is 18.7. The molecule has 12 nitrogen and oxygen atoms in total. The number of non-ortho nitro benzene ring substituents is 1. The van der Waals surface area contributed by atoms with Gasteiger partial charge < -0.3 is 14.8 Å². The normalized spacial score (nSPS) is 15.7. The number of nitrogens with one attached hydrogen (secondary N) is 2. The van der Waals surface area contributed by atoms with Crippen molar-refractivity contribution >= 4 is 33.2 Å². The van der Waals surface area contributed by atoms with E-state index in [1.54, 1.807) is 52.0 Å². The van der Waals surface area contributed by atoms with E-state index in [0.29, 0.717) is 29.4 Å². The van der Waals surface area contributed by atoms with Crippen LogP contribution >= 0.6 is 11.6 Å². The predicted octanol–water partition coefficient (Wildman–Crippen LogP) is 4.52. The van der Waals surface area contributed by atoms with Crippen LogP contribution in [0.25, 0.3) is 5.69 Å². The number of rotatable bonds is 9. The fourth-order valence-corrected chi connectivity index (χ4v) is 5.91. The summed E-state index contributed by atoms with van der Waals surface area (Å²) in [5.41, 5.74) is -0.505. The lowest BCUT2D eigenvalue weighted by Crippen LogP contribution is -2.40. The van der Waals surface area contributed by atoms with Crippen molar-refractivity contribution in [1.29, 1.82) is 0 Å². The van der Waals surface area contributed by atoms with Crippen LogP contribution in [0.5, 0.6) is 11.6 Å². The molecule has 0 aliphatic carbocycles. The molecule has 1 aliphatic rings. The van der Waals surface area contributed by atoms with E-state index in [0.717, 1.165) is 25.0 Å². The number of nitro benzene ring substituents is 1. The molecule has 3 aromatic rings. The van der Waals surface area contributed by atoms with E-state index in [9.17, 15) is 23.3 Å². The second-order valence-corrected chi connectivity index (χ2v) is 12.4. The number of sulfonamides is 1. The van der Waals surface area contributed by atoms with Crippen molar-refractivity contribution in [2.45, 2.75) is 57.1 Å². The van der Waals surface area contributed by atoms with Gasteiger partial charge in [-0.2, -0.15) is 9.78 Å². The minimum atomic E-state index is -4.27. The van der Waals surface area contributed by atoms with Gasteiger partial charge in [-0.3, -0.25) is 14.9 Å². The number of nitrogens with zero attached hydrogens (tertiary/aromatic N) is 3. The van der Waals surface area contributed by atoms with E-state index < -0.39 is 37.0 Å². The van der Waals surface area contributed by atoms with Gasteiger partial charge in [0, 0.05) is 41.4 Å². The SMILES string of the molecule is Cc1c(C(=O)NC[C@@H]2CCCO2)nn(-c2cccc(Cl)c2)c1Oc1ccc([N+](=O)[O-])cc1S(=O)(=O)NC(C)(C)C. The van der Waals surface area contributed by atoms with Gasteiger partial charge in [0.05, 0.1) is 16.7 Å². The van der Waals surface area contributed by atoms with Gasteiger partial charge in [-0.15, -0.1) is 0 Å². The molecule has 1 atom stereocenters. The second-order valence-electron chi connectivity index (χ2n) is 10.4. The van der Waals surface area contributed by atoms with Crippen LogP contribution in [0.4, 0.5) is 5.69 Å². The summed E-state index contributed by atoms with van der Waals surface area (Å²) in [6.45, 7) is 7.48. The molecule has 14 heteroatoms. The van der Waals surface area contributed by atoms with E-state index in [1.807, 2.05) is 0 Å². The monoisotopic (exact) mass is 591 g/mol. The van der Waals surface area contributed by atoms with Crippen molar-refractivity contribution in [3.63, 3.8) is 0 Å². The number of benzene rings is 2. The predicted molar refractivity (Wildman–Crippen MR) is 148 cm³/mol. The molecular weight excluding hydrogens is 562 g/mol. The molecule has 2 N–H and O–H groups in total. The fourth-order valence-electron chi connectivity index (χ4n) is 4.16. The van der Waals surface area contributed by atoms with E-state index in [2.05, 4.69) is 15.1 Å². The molecule has 0 bridgehead atoms. The fraction of sp³-hybridized carbons (Fsp3) is 0.385. The minimum absolute atomic E-state index is 0.0330. The van der Waals surface area contributed by atoms with Crippen molar-refractivity contribution in [2.24, 2.45) is 0 Å². The van der Waals surface area contributed by atoms with Crippen LogP contribution in [0.3, 0.4) is 0 Å². The molecule has 0 spiro atoms. The summed E-state index contributed by atoms with van der Waals surface area (Å²) < 4.78 is 42.1. The average Bonchev–Trinajstić information content (AvgIpc) is 3.49. The van der Waals surface area contributed by atoms with Crippen LogP contribution in [0.15, 0.2) is 47.4 Å². The first-order valence-corrected chi connectivity index (χ1v) is 14.4. The Bertz CT molecular complexity index is 1540. The molecule has 1 saturated heterocycles. The summed E-state index contributed by atoms with van der Waals surface area (Å²) >= 11 is 6.21. The Balaban J connectivity index is 1.80. The molecule has 40 heavy (non-hydrogen) atoms. The number of carbonyl (C=O) groups excluding carboxylic acids is 1. The molecule has 0 radical (unpaired) electrons. The van der Waals surface area contributed by atoms with Crippen LogP contribution in [0, 0.1) is 17.0 Å². The number of halogens is 1. The Hall–Kier alpha value is -3.52. The lowest BCUT2D eigenvalue weighted by Gasteiger charge is -2.21. The van der Waals surface area contributed by atoms with E-state index in [-0.39, 0.29) is 23.4 Å². The Labute approximate surface area is 236 Å². The third-order valence-corrected chi connectivity index (χ3v) is 7.94. The summed E-state index contributed by atoms with van der Waals surface area (Å²) in [4.78, 5) is 23.5. The number of hydrogen-bond donors (Lipinski definition) is 2. The lowest BCUT2D eigenvalue weighted by molar-refractivity contribution is -0.385. The van der Waals surface area contributed by atoms with Crippen molar-refractivity contribution < 1.29 is 27.6 Å². The zero-order valence-corrected chi connectivity index (χ0v) is 24.0. The number of aromatic nitrogens is 2. The number of amides is 1. The molecule has 4 rings (SSSR count). The van der Waals surface area contributed by atoms with Gasteiger partial charge in [-0.25, -0.2) is 13.1 Å². The molecular formula is C26H30ClN5O7S. The molecule has 1 fully saturated rings. The summed E-state index contributed by atoms with van der Waals surface area (Å²) in [7, 11) is -4.27. The Morgan fingerprint density at radius 3 is 2.65 bits per heavy atom. The topological polar surface area (TPSA) is 155 Å². The Morgan fingerprint density at radius 2 is 2.02 bits per heavy atom. The number of nitro groups is 1. The number of hydrogen-bond acceptors (Lipinski definition) is 8. The van der Waals surface area contributed by atoms with Gasteiger partial charge in [-0.1, -0.05) is 17.7 Å². The minimum Gasteiger partial charge on any atom is -0.437 e. The van der Waals surface area contributed by atoms with E-state index in [1.165, 1.54) is 10.7 Å². The first-order valence-electron chi connectivity index (χ1n) is 12.5. The molecule has 0 saturated carbocycles. The van der Waals surface area contributed by atoms with Gasteiger partial charge >= 0.3 is 0 Å². The van der Waals surface area contributed by atoms with Crippen LogP contribution in [0.1, 0.15) is 49.7 Å². The maximum absolute atomic E-state index is 13.3. The zero-order chi connectivity index (χ0) is 29.2. The van der Waals surface area contributed by atoms with Crippen LogP contribution in [-0.2, 0) is 14.8 Å². The summed E-state index contributed by atoms with van der Waals surface area (Å²) in [5, 5.41) is 19.2. The van der Waals surface area contributed by atoms with Crippen molar-refractivity contribution in [1.82, 2.24) is 19.8 Å². The number of carbonyl (C=O) groups is 1. The number of ether oxygens (including phenoxy) is 2. The molecule has 214 valence electrons. The highest BCUT2D eigenvalue weighted by atomic mass is 35.5. The Morgan fingerprint density at radius 1 is 1.27 bits per heavy atom. The largest absolute Gasteiger partial charge is 0.437 e. The second kappa shape index (κ2) is 11.5. The van der Waals surface area contributed by atoms with Gasteiger partial charge in [0.1, 0.15) is 10.6 Å². The molecule has 2 aromatic carbocycles. The van der Waals surface area contributed by atoms with Gasteiger partial charge in [-0.05, 0) is 64.8 Å². The highest BCUT2D eigenvalue weighted by molar-refractivity contribution is 7.89. The molecule has 1 aliphatic heterocycles. The highest BCUT2D eigenvalue weighted by Gasteiger charge is 2.30. The van der Waals surface area contributed by atoms with Crippen LogP contribution in [0.2, 0.25) is 5.02 Å². The Kier molecular flexibility index (Phi) is 8.49. The van der Waals surface area contributed by atoms with Crippen LogP contribution < -0.4 is 14.8 Å². The van der Waals surface area contributed by atoms with Crippen molar-refractivity contribution in [3.8, 4) is 17.3 Å². The highest BCUT2D eigenvalue weighted by Crippen LogP contribution is 2.36. The smallest absolute Gasteiger partial charge is 0.272 e. The summed E-state index contributed by atoms with van der Waals surface area (Å²) in [6, 6.07) is 9.89. The average molecular weight is 592 g/mol. The lowest BCUT2D eigenvalue weighted by atomic mass is 10.1. The van der Waals surface area contributed by atoms with Gasteiger partial charge in [0.2, 0.25) is 15.9 Å². The maximum atomic E-state index is 13.3. The summed E-state index contributed by atoms with van der Waals surface area (Å²) in [5.74, 6) is -0.630. The maximum Gasteiger partial charge on any atom is 0.272 e. The molecule has 1 amide bonds. The van der Waals surface area contributed by atoms with E-state index in [4.69, 9.17) is 21.1 Å². The van der Waals surface area contributed by atoms with E-state index >= 15 is 0 Å². The molecule has 1 aromatic heterocycles. The van der Waals surface area contributed by atoms with Crippen molar-refractivity contribution in [2.75, 3.05) is 13.2 Å². The first kappa shape index (κ1) is 29.5. The molecule has 0 unspecified atom stereocenters. The third-order valence-electron chi connectivity index (χ3n) is 5.93.